The minimum atomic E-state index is -0.0503. The van der Waals surface area contributed by atoms with Crippen molar-refractivity contribution in [2.45, 2.75) is 50.7 Å². The molecule has 2 atom stereocenters. The first-order chi connectivity index (χ1) is 15.2. The minimum absolute atomic E-state index is 0.00734. The molecule has 1 saturated heterocycles. The Kier molecular flexibility index (Phi) is 5.64. The third-order valence-corrected chi connectivity index (χ3v) is 6.63. The average molecular weight is 436 g/mol. The van der Waals surface area contributed by atoms with Gasteiger partial charge in [0.25, 0.3) is 0 Å². The monoisotopic (exact) mass is 435 g/mol. The molecular formula is C24H26ClN5O. The maximum Gasteiger partial charge on any atom is 0.318 e. The van der Waals surface area contributed by atoms with Crippen molar-refractivity contribution < 1.29 is 4.79 Å². The molecule has 0 spiro atoms. The first-order valence-corrected chi connectivity index (χ1v) is 11.3. The number of nitrogens with zero attached hydrogens (tertiary/aromatic N) is 4. The van der Waals surface area contributed by atoms with Crippen LogP contribution in [0.5, 0.6) is 0 Å². The van der Waals surface area contributed by atoms with Gasteiger partial charge in [0.05, 0.1) is 12.6 Å². The standard InChI is InChI=1S/C24H26ClN5O/c25-20-10-7-17(8-11-20)15-30-23(26-16-27-30)22-6-3-13-29(22)24(31)28-21-12-9-18-4-1-2-5-19(18)14-21/h1-2,4-5,7-8,10-11,16,21-22H,3,6,9,12-15H2,(H,28,31)/t21-,22+/m0/s1. The zero-order valence-electron chi connectivity index (χ0n) is 17.4. The fourth-order valence-electron chi connectivity index (χ4n) is 4.77. The highest BCUT2D eigenvalue weighted by Crippen LogP contribution is 2.31. The normalized spacial score (nSPS) is 20.5. The highest BCUT2D eigenvalue weighted by atomic mass is 35.5. The Morgan fingerprint density at radius 3 is 2.74 bits per heavy atom. The van der Waals surface area contributed by atoms with E-state index in [-0.39, 0.29) is 18.1 Å². The van der Waals surface area contributed by atoms with E-state index in [0.29, 0.717) is 11.6 Å². The topological polar surface area (TPSA) is 63.1 Å². The second kappa shape index (κ2) is 8.71. The highest BCUT2D eigenvalue weighted by molar-refractivity contribution is 6.30. The molecule has 3 aromatic rings. The number of carbonyl (C=O) groups excluding carboxylic acids is 1. The zero-order valence-corrected chi connectivity index (χ0v) is 18.1. The lowest BCUT2D eigenvalue weighted by Gasteiger charge is -2.30. The number of carbonyl (C=O) groups is 1. The number of rotatable bonds is 4. The van der Waals surface area contributed by atoms with Crippen molar-refractivity contribution in [1.82, 2.24) is 25.0 Å². The average Bonchev–Trinajstić information content (AvgIpc) is 3.44. The zero-order chi connectivity index (χ0) is 21.2. The van der Waals surface area contributed by atoms with Gasteiger partial charge < -0.3 is 10.2 Å². The lowest BCUT2D eigenvalue weighted by molar-refractivity contribution is 0.184. The van der Waals surface area contributed by atoms with E-state index in [0.717, 1.165) is 50.0 Å². The summed E-state index contributed by atoms with van der Waals surface area (Å²) in [5.74, 6) is 0.844. The van der Waals surface area contributed by atoms with Crippen LogP contribution < -0.4 is 5.32 Å². The van der Waals surface area contributed by atoms with Gasteiger partial charge in [0, 0.05) is 17.6 Å². The van der Waals surface area contributed by atoms with Crippen LogP contribution in [0.4, 0.5) is 4.79 Å². The lowest BCUT2D eigenvalue weighted by Crippen LogP contribution is -2.46. The minimum Gasteiger partial charge on any atom is -0.335 e. The first-order valence-electron chi connectivity index (χ1n) is 10.9. The summed E-state index contributed by atoms with van der Waals surface area (Å²) >= 11 is 6.00. The maximum absolute atomic E-state index is 13.2. The van der Waals surface area contributed by atoms with Crippen molar-refractivity contribution in [2.75, 3.05) is 6.54 Å². The van der Waals surface area contributed by atoms with Gasteiger partial charge in [-0.2, -0.15) is 5.10 Å². The molecule has 5 rings (SSSR count). The summed E-state index contributed by atoms with van der Waals surface area (Å²) in [4.78, 5) is 19.6. The molecule has 0 bridgehead atoms. The number of hydrogen-bond donors (Lipinski definition) is 1. The number of aromatic nitrogens is 3. The van der Waals surface area contributed by atoms with E-state index in [2.05, 4.69) is 39.7 Å². The Morgan fingerprint density at radius 1 is 1.10 bits per heavy atom. The number of likely N-dealkylation sites (tertiary alicyclic amines) is 1. The molecule has 1 aliphatic heterocycles. The van der Waals surface area contributed by atoms with Gasteiger partial charge in [0.1, 0.15) is 12.2 Å². The van der Waals surface area contributed by atoms with Gasteiger partial charge in [-0.15, -0.1) is 0 Å². The van der Waals surface area contributed by atoms with E-state index < -0.39 is 0 Å². The molecule has 1 aromatic heterocycles. The molecule has 0 radical (unpaired) electrons. The molecule has 2 aromatic carbocycles. The van der Waals surface area contributed by atoms with Crippen LogP contribution in [0.25, 0.3) is 0 Å². The van der Waals surface area contributed by atoms with Crippen molar-refractivity contribution >= 4 is 17.6 Å². The SMILES string of the molecule is O=C(N[C@H]1CCc2ccccc2C1)N1CCC[C@@H]1c1ncnn1Cc1ccc(Cl)cc1. The van der Waals surface area contributed by atoms with E-state index >= 15 is 0 Å². The largest absolute Gasteiger partial charge is 0.335 e. The third-order valence-electron chi connectivity index (χ3n) is 6.38. The molecule has 1 aliphatic carbocycles. The maximum atomic E-state index is 13.2. The summed E-state index contributed by atoms with van der Waals surface area (Å²) in [6.07, 6.45) is 6.35. The fourth-order valence-corrected chi connectivity index (χ4v) is 4.90. The van der Waals surface area contributed by atoms with Crippen LogP contribution in [0.1, 0.15) is 47.8 Å². The summed E-state index contributed by atoms with van der Waals surface area (Å²) in [5, 5.41) is 8.43. The molecule has 0 saturated carbocycles. The van der Waals surface area contributed by atoms with Gasteiger partial charge in [0.2, 0.25) is 0 Å². The van der Waals surface area contributed by atoms with Crippen molar-refractivity contribution in [2.24, 2.45) is 0 Å². The van der Waals surface area contributed by atoms with E-state index in [9.17, 15) is 4.79 Å². The second-order valence-corrected chi connectivity index (χ2v) is 8.85. The first kappa shape index (κ1) is 20.1. The Hall–Kier alpha value is -2.86. The van der Waals surface area contributed by atoms with Crippen molar-refractivity contribution in [1.29, 1.82) is 0 Å². The number of urea groups is 1. The van der Waals surface area contributed by atoms with E-state index in [4.69, 9.17) is 11.6 Å². The predicted molar refractivity (Wildman–Crippen MR) is 120 cm³/mol. The third kappa shape index (κ3) is 4.30. The van der Waals surface area contributed by atoms with Crippen LogP contribution in [0, 0.1) is 0 Å². The van der Waals surface area contributed by atoms with Crippen LogP contribution in [0.15, 0.2) is 54.9 Å². The summed E-state index contributed by atoms with van der Waals surface area (Å²) in [7, 11) is 0. The van der Waals surface area contributed by atoms with E-state index in [1.54, 1.807) is 6.33 Å². The molecule has 1 N–H and O–H groups in total. The second-order valence-electron chi connectivity index (χ2n) is 8.41. The molecule has 2 heterocycles. The van der Waals surface area contributed by atoms with Gasteiger partial charge in [0.15, 0.2) is 0 Å². The number of aryl methyl sites for hydroxylation is 1. The Balaban J connectivity index is 1.28. The quantitative estimate of drug-likeness (QED) is 0.661. The predicted octanol–water partition coefficient (Wildman–Crippen LogP) is 4.38. The molecule has 6 nitrogen and oxygen atoms in total. The van der Waals surface area contributed by atoms with Gasteiger partial charge in [-0.3, -0.25) is 0 Å². The Labute approximate surface area is 187 Å². The molecule has 160 valence electrons. The van der Waals surface area contributed by atoms with Crippen LogP contribution in [-0.2, 0) is 19.4 Å². The van der Waals surface area contributed by atoms with Crippen LogP contribution in [0.3, 0.4) is 0 Å². The van der Waals surface area contributed by atoms with Crippen LogP contribution in [-0.4, -0.2) is 38.3 Å². The van der Waals surface area contributed by atoms with E-state index in [1.807, 2.05) is 33.8 Å². The van der Waals surface area contributed by atoms with Crippen LogP contribution in [0.2, 0.25) is 5.02 Å². The van der Waals surface area contributed by atoms with Gasteiger partial charge in [-0.05, 0) is 60.9 Å². The van der Waals surface area contributed by atoms with Gasteiger partial charge in [-0.1, -0.05) is 48.0 Å². The molecule has 2 amide bonds. The molecule has 7 heteroatoms. The lowest BCUT2D eigenvalue weighted by atomic mass is 9.88. The molecule has 2 aliphatic rings. The number of hydrogen-bond acceptors (Lipinski definition) is 3. The number of fused-ring (bicyclic) bond motifs is 1. The Bertz CT molecular complexity index is 1060. The summed E-state index contributed by atoms with van der Waals surface area (Å²) in [6, 6.07) is 16.4. The fraction of sp³-hybridized carbons (Fsp3) is 0.375. The smallest absolute Gasteiger partial charge is 0.318 e. The highest BCUT2D eigenvalue weighted by Gasteiger charge is 2.34. The number of halogens is 1. The van der Waals surface area contributed by atoms with Crippen molar-refractivity contribution in [3.05, 3.63) is 82.4 Å². The molecular weight excluding hydrogens is 410 g/mol. The molecule has 1 fully saturated rings. The van der Waals surface area contributed by atoms with Crippen LogP contribution >= 0.6 is 11.6 Å². The number of benzene rings is 2. The van der Waals surface area contributed by atoms with E-state index in [1.165, 1.54) is 11.1 Å². The number of amides is 2. The van der Waals surface area contributed by atoms with Gasteiger partial charge >= 0.3 is 6.03 Å². The summed E-state index contributed by atoms with van der Waals surface area (Å²) in [5.41, 5.74) is 3.85. The summed E-state index contributed by atoms with van der Waals surface area (Å²) < 4.78 is 1.90. The number of nitrogens with one attached hydrogen (secondary N) is 1. The molecule has 31 heavy (non-hydrogen) atoms. The van der Waals surface area contributed by atoms with Crippen molar-refractivity contribution in [3.63, 3.8) is 0 Å². The summed E-state index contributed by atoms with van der Waals surface area (Å²) in [6.45, 7) is 1.35. The van der Waals surface area contributed by atoms with Crippen molar-refractivity contribution in [3.8, 4) is 0 Å². The van der Waals surface area contributed by atoms with Gasteiger partial charge in [-0.25, -0.2) is 14.5 Å². The molecule has 0 unspecified atom stereocenters. The Morgan fingerprint density at radius 2 is 1.90 bits per heavy atom.